The van der Waals surface area contributed by atoms with Gasteiger partial charge in [0.1, 0.15) is 18.1 Å². The highest BCUT2D eigenvalue weighted by atomic mass is 16.4. The third-order valence-corrected chi connectivity index (χ3v) is 5.79. The van der Waals surface area contributed by atoms with E-state index in [0.29, 0.717) is 19.4 Å². The van der Waals surface area contributed by atoms with Crippen LogP contribution in [0.5, 0.6) is 0 Å². The molecular formula is C26H43N7O5. The molecule has 1 rings (SSSR count). The van der Waals surface area contributed by atoms with Gasteiger partial charge in [0.2, 0.25) is 17.7 Å². The number of aliphatic imine (C=N–C) groups is 1. The van der Waals surface area contributed by atoms with E-state index in [0.717, 1.165) is 5.56 Å². The van der Waals surface area contributed by atoms with Gasteiger partial charge in [0.25, 0.3) is 0 Å². The monoisotopic (exact) mass is 533 g/mol. The zero-order valence-corrected chi connectivity index (χ0v) is 22.6. The maximum atomic E-state index is 13.2. The van der Waals surface area contributed by atoms with Crippen molar-refractivity contribution in [1.29, 1.82) is 0 Å². The summed E-state index contributed by atoms with van der Waals surface area (Å²) in [6, 6.07) is 4.95. The van der Waals surface area contributed by atoms with Crippen LogP contribution in [0, 0.1) is 11.8 Å². The Morgan fingerprint density at radius 3 is 2.03 bits per heavy atom. The van der Waals surface area contributed by atoms with E-state index >= 15 is 0 Å². The lowest BCUT2D eigenvalue weighted by Gasteiger charge is -2.27. The Bertz CT molecular complexity index is 949. The van der Waals surface area contributed by atoms with Crippen molar-refractivity contribution in [3.63, 3.8) is 0 Å². The maximum Gasteiger partial charge on any atom is 0.326 e. The van der Waals surface area contributed by atoms with Gasteiger partial charge in [-0.05, 0) is 36.7 Å². The summed E-state index contributed by atoms with van der Waals surface area (Å²) in [5, 5.41) is 17.6. The molecule has 0 aliphatic carbocycles. The van der Waals surface area contributed by atoms with E-state index in [-0.39, 0.29) is 30.6 Å². The van der Waals surface area contributed by atoms with E-state index in [1.807, 2.05) is 19.9 Å². The number of hydrogen-bond donors (Lipinski definition) is 7. The number of carbonyl (C=O) groups excluding carboxylic acids is 3. The van der Waals surface area contributed by atoms with Crippen LogP contribution in [0.3, 0.4) is 0 Å². The first-order valence-electron chi connectivity index (χ1n) is 12.8. The van der Waals surface area contributed by atoms with E-state index in [2.05, 4.69) is 20.9 Å². The quantitative estimate of drug-likeness (QED) is 0.0859. The molecule has 0 radical (unpaired) electrons. The number of amides is 3. The molecule has 0 aromatic heterocycles. The van der Waals surface area contributed by atoms with Crippen molar-refractivity contribution >= 4 is 29.7 Å². The number of nitrogens with zero attached hydrogens (tertiary/aromatic N) is 1. The van der Waals surface area contributed by atoms with Crippen LogP contribution >= 0.6 is 0 Å². The fourth-order valence-corrected chi connectivity index (χ4v) is 3.73. The standard InChI is InChI=1S/C26H43N7O5/c1-15(2)13-19(23(35)32-20(25(37)38)14-17-9-6-5-7-10-17)31-24(36)21(16(3)4)33-22(34)18(27)11-8-12-30-26(28)29/h5-7,9-10,15-16,18-21H,8,11-14,27H2,1-4H3,(H,31,36)(H,32,35)(H,33,34)(H,37,38)(H4,28,29,30). The van der Waals surface area contributed by atoms with Gasteiger partial charge in [-0.2, -0.15) is 0 Å². The first-order valence-corrected chi connectivity index (χ1v) is 12.8. The van der Waals surface area contributed by atoms with Crippen LogP contribution < -0.4 is 33.2 Å². The van der Waals surface area contributed by atoms with E-state index in [9.17, 15) is 24.3 Å². The van der Waals surface area contributed by atoms with Gasteiger partial charge in [0.05, 0.1) is 6.04 Å². The molecule has 4 unspecified atom stereocenters. The topological polar surface area (TPSA) is 215 Å². The summed E-state index contributed by atoms with van der Waals surface area (Å²) in [5.74, 6) is -3.19. The minimum absolute atomic E-state index is 0.0224. The van der Waals surface area contributed by atoms with Gasteiger partial charge >= 0.3 is 5.97 Å². The van der Waals surface area contributed by atoms with Crippen LogP contribution in [-0.4, -0.2) is 65.5 Å². The number of benzene rings is 1. The number of carbonyl (C=O) groups is 4. The summed E-state index contributed by atoms with van der Waals surface area (Å²) in [5.41, 5.74) is 17.3. The Kier molecular flexibility index (Phi) is 13.8. The number of nitrogens with two attached hydrogens (primary N) is 3. The predicted molar refractivity (Wildman–Crippen MR) is 146 cm³/mol. The van der Waals surface area contributed by atoms with Crippen molar-refractivity contribution in [2.75, 3.05) is 6.54 Å². The fraction of sp³-hybridized carbons (Fsp3) is 0.577. The Labute approximate surface area is 224 Å². The van der Waals surface area contributed by atoms with Gasteiger partial charge < -0.3 is 38.3 Å². The molecular weight excluding hydrogens is 490 g/mol. The summed E-state index contributed by atoms with van der Waals surface area (Å²) >= 11 is 0. The van der Waals surface area contributed by atoms with Crippen LogP contribution in [0.15, 0.2) is 35.3 Å². The first kappa shape index (κ1) is 32.4. The van der Waals surface area contributed by atoms with E-state index in [4.69, 9.17) is 17.2 Å². The molecule has 0 spiro atoms. The van der Waals surface area contributed by atoms with Crippen molar-refractivity contribution in [3.05, 3.63) is 35.9 Å². The largest absolute Gasteiger partial charge is 0.480 e. The first-order chi connectivity index (χ1) is 17.8. The second-order valence-electron chi connectivity index (χ2n) is 10.1. The molecule has 0 heterocycles. The highest BCUT2D eigenvalue weighted by Gasteiger charge is 2.32. The molecule has 0 fully saturated rings. The number of carboxylic acids is 1. The number of hydrogen-bond acceptors (Lipinski definition) is 6. The van der Waals surface area contributed by atoms with Crippen molar-refractivity contribution in [2.24, 2.45) is 34.0 Å². The molecule has 0 saturated heterocycles. The molecule has 212 valence electrons. The van der Waals surface area contributed by atoms with Gasteiger partial charge in [-0.25, -0.2) is 4.79 Å². The minimum Gasteiger partial charge on any atom is -0.480 e. The third kappa shape index (κ3) is 12.0. The van der Waals surface area contributed by atoms with E-state index in [1.54, 1.807) is 38.1 Å². The van der Waals surface area contributed by atoms with Crippen molar-refractivity contribution < 1.29 is 24.3 Å². The highest BCUT2D eigenvalue weighted by Crippen LogP contribution is 2.10. The van der Waals surface area contributed by atoms with Crippen LogP contribution in [0.4, 0.5) is 0 Å². The Morgan fingerprint density at radius 1 is 0.895 bits per heavy atom. The number of nitrogens with one attached hydrogen (secondary N) is 3. The van der Waals surface area contributed by atoms with Gasteiger partial charge in [0, 0.05) is 13.0 Å². The Morgan fingerprint density at radius 2 is 1.50 bits per heavy atom. The number of carboxylic acid groups (broad SMARTS) is 1. The van der Waals surface area contributed by atoms with E-state index < -0.39 is 47.9 Å². The zero-order chi connectivity index (χ0) is 28.8. The normalized spacial score (nSPS) is 14.2. The smallest absolute Gasteiger partial charge is 0.326 e. The molecule has 0 aliphatic rings. The van der Waals surface area contributed by atoms with Gasteiger partial charge in [-0.3, -0.25) is 19.4 Å². The molecule has 0 aliphatic heterocycles. The average Bonchev–Trinajstić information content (AvgIpc) is 2.83. The Balaban J connectivity index is 2.89. The lowest BCUT2D eigenvalue weighted by atomic mass is 9.98. The van der Waals surface area contributed by atoms with Crippen LogP contribution in [-0.2, 0) is 25.6 Å². The van der Waals surface area contributed by atoms with Crippen molar-refractivity contribution in [3.8, 4) is 0 Å². The summed E-state index contributed by atoms with van der Waals surface area (Å²) in [6.45, 7) is 7.60. The zero-order valence-electron chi connectivity index (χ0n) is 22.6. The predicted octanol–water partition coefficient (Wildman–Crippen LogP) is -0.149. The molecule has 3 amide bonds. The summed E-state index contributed by atoms with van der Waals surface area (Å²) < 4.78 is 0. The fourth-order valence-electron chi connectivity index (χ4n) is 3.73. The molecule has 12 nitrogen and oxygen atoms in total. The summed E-state index contributed by atoms with van der Waals surface area (Å²) in [6.07, 6.45) is 1.16. The molecule has 1 aromatic rings. The van der Waals surface area contributed by atoms with E-state index in [1.165, 1.54) is 0 Å². The molecule has 0 saturated carbocycles. The second kappa shape index (κ2) is 16.2. The lowest BCUT2D eigenvalue weighted by Crippen LogP contribution is -2.58. The molecule has 10 N–H and O–H groups in total. The third-order valence-electron chi connectivity index (χ3n) is 5.79. The number of aliphatic carboxylic acids is 1. The van der Waals surface area contributed by atoms with Crippen LogP contribution in [0.1, 0.15) is 52.5 Å². The maximum absolute atomic E-state index is 13.2. The van der Waals surface area contributed by atoms with Crippen LogP contribution in [0.25, 0.3) is 0 Å². The summed E-state index contributed by atoms with van der Waals surface area (Å²) in [4.78, 5) is 54.6. The molecule has 38 heavy (non-hydrogen) atoms. The molecule has 12 heteroatoms. The Hall–Kier alpha value is -3.67. The summed E-state index contributed by atoms with van der Waals surface area (Å²) in [7, 11) is 0. The highest BCUT2D eigenvalue weighted by molar-refractivity contribution is 5.94. The number of guanidine groups is 1. The van der Waals surface area contributed by atoms with Crippen LogP contribution in [0.2, 0.25) is 0 Å². The van der Waals surface area contributed by atoms with Crippen molar-refractivity contribution in [2.45, 2.75) is 77.5 Å². The van der Waals surface area contributed by atoms with Gasteiger partial charge in [-0.1, -0.05) is 58.0 Å². The van der Waals surface area contributed by atoms with Gasteiger partial charge in [-0.15, -0.1) is 0 Å². The van der Waals surface area contributed by atoms with Crippen molar-refractivity contribution in [1.82, 2.24) is 16.0 Å². The molecule has 0 bridgehead atoms. The number of rotatable bonds is 16. The molecule has 4 atom stereocenters. The lowest BCUT2D eigenvalue weighted by molar-refractivity contribution is -0.142. The van der Waals surface area contributed by atoms with Gasteiger partial charge in [0.15, 0.2) is 5.96 Å². The SMILES string of the molecule is CC(C)CC(NC(=O)C(NC(=O)C(N)CCCN=C(N)N)C(C)C)C(=O)NC(Cc1ccccc1)C(=O)O. The molecule has 1 aromatic carbocycles. The average molecular weight is 534 g/mol. The minimum atomic E-state index is -1.18. The second-order valence-corrected chi connectivity index (χ2v) is 10.1.